The van der Waals surface area contributed by atoms with Gasteiger partial charge in [-0.05, 0) is 47.7 Å². The zero-order valence-corrected chi connectivity index (χ0v) is 14.7. The van der Waals surface area contributed by atoms with E-state index in [1.165, 1.54) is 28.2 Å². The lowest BCUT2D eigenvalue weighted by atomic mass is 9.95. The fourth-order valence-electron chi connectivity index (χ4n) is 3.20. The zero-order valence-electron chi connectivity index (χ0n) is 14.7. The van der Waals surface area contributed by atoms with Crippen LogP contribution < -0.4 is 4.90 Å². The van der Waals surface area contributed by atoms with E-state index in [0.29, 0.717) is 5.92 Å². The smallest absolute Gasteiger partial charge is 0.0528 e. The molecular formula is C23H25N. The van der Waals surface area contributed by atoms with Crippen LogP contribution >= 0.6 is 0 Å². The maximum Gasteiger partial charge on any atom is 0.0528 e. The van der Waals surface area contributed by atoms with E-state index in [0.717, 1.165) is 6.42 Å². The van der Waals surface area contributed by atoms with E-state index < -0.39 is 0 Å². The first-order valence-corrected chi connectivity index (χ1v) is 8.74. The Balaban J connectivity index is 2.28. The van der Waals surface area contributed by atoms with Crippen LogP contribution in [0.25, 0.3) is 0 Å². The molecule has 0 heterocycles. The fourth-order valence-corrected chi connectivity index (χ4v) is 3.20. The molecule has 0 aliphatic rings. The lowest BCUT2D eigenvalue weighted by molar-refractivity contribution is 0.860. The average Bonchev–Trinajstić information content (AvgIpc) is 2.63. The Hall–Kier alpha value is -2.54. The minimum atomic E-state index is 0.474. The van der Waals surface area contributed by atoms with Crippen LogP contribution in [-0.4, -0.2) is 0 Å². The van der Waals surface area contributed by atoms with Gasteiger partial charge in [0.05, 0.1) is 5.69 Å². The molecule has 0 atom stereocenters. The molecule has 0 spiro atoms. The summed E-state index contributed by atoms with van der Waals surface area (Å²) in [5, 5.41) is 0. The molecule has 0 amide bonds. The molecule has 0 aromatic heterocycles. The topological polar surface area (TPSA) is 3.24 Å². The van der Waals surface area contributed by atoms with Gasteiger partial charge in [0.2, 0.25) is 0 Å². The predicted octanol–water partition coefficient (Wildman–Crippen LogP) is 6.84. The summed E-state index contributed by atoms with van der Waals surface area (Å²) in [7, 11) is 0. The Morgan fingerprint density at radius 3 is 1.71 bits per heavy atom. The molecule has 0 aliphatic carbocycles. The molecule has 3 rings (SSSR count). The molecule has 3 aromatic rings. The Bertz CT molecular complexity index is 736. The summed E-state index contributed by atoms with van der Waals surface area (Å²) in [5.74, 6) is 0.474. The van der Waals surface area contributed by atoms with Crippen LogP contribution in [0.4, 0.5) is 17.1 Å². The van der Waals surface area contributed by atoms with Gasteiger partial charge in [-0.1, -0.05) is 75.4 Å². The number of rotatable bonds is 5. The van der Waals surface area contributed by atoms with Gasteiger partial charge in [-0.3, -0.25) is 0 Å². The third-order valence-corrected chi connectivity index (χ3v) is 4.41. The van der Waals surface area contributed by atoms with Crippen molar-refractivity contribution in [3.63, 3.8) is 0 Å². The summed E-state index contributed by atoms with van der Waals surface area (Å²) in [6, 6.07) is 28.0. The van der Waals surface area contributed by atoms with Crippen LogP contribution in [0.5, 0.6) is 0 Å². The van der Waals surface area contributed by atoms with Crippen molar-refractivity contribution < 1.29 is 0 Å². The van der Waals surface area contributed by atoms with E-state index in [2.05, 4.69) is 105 Å². The van der Waals surface area contributed by atoms with Gasteiger partial charge >= 0.3 is 0 Å². The first-order chi connectivity index (χ1) is 11.7. The third-order valence-electron chi connectivity index (χ3n) is 4.41. The van der Waals surface area contributed by atoms with Crippen molar-refractivity contribution in [1.82, 2.24) is 0 Å². The zero-order chi connectivity index (χ0) is 16.9. The monoisotopic (exact) mass is 315 g/mol. The van der Waals surface area contributed by atoms with Crippen molar-refractivity contribution in [2.75, 3.05) is 4.90 Å². The van der Waals surface area contributed by atoms with Gasteiger partial charge in [-0.2, -0.15) is 0 Å². The minimum Gasteiger partial charge on any atom is -0.310 e. The van der Waals surface area contributed by atoms with Crippen molar-refractivity contribution in [2.24, 2.45) is 0 Å². The van der Waals surface area contributed by atoms with Crippen molar-refractivity contribution >= 4 is 17.1 Å². The lowest BCUT2D eigenvalue weighted by Gasteiger charge is -2.31. The van der Waals surface area contributed by atoms with Gasteiger partial charge in [0.25, 0.3) is 0 Å². The molecule has 1 nitrogen and oxygen atoms in total. The van der Waals surface area contributed by atoms with Crippen molar-refractivity contribution in [3.8, 4) is 0 Å². The highest BCUT2D eigenvalue weighted by atomic mass is 15.1. The van der Waals surface area contributed by atoms with Gasteiger partial charge in [-0.25, -0.2) is 0 Å². The van der Waals surface area contributed by atoms with Gasteiger partial charge < -0.3 is 4.90 Å². The number of para-hydroxylation sites is 3. The molecule has 0 radical (unpaired) electrons. The van der Waals surface area contributed by atoms with E-state index >= 15 is 0 Å². The number of nitrogens with zero attached hydrogens (tertiary/aromatic N) is 1. The standard InChI is InChI=1S/C23H25N/c1-4-19-12-11-17-22(18(2)3)23(19)24(20-13-7-5-8-14-20)21-15-9-6-10-16-21/h5-18H,4H2,1-3H3. The molecule has 122 valence electrons. The average molecular weight is 315 g/mol. The molecule has 0 unspecified atom stereocenters. The molecule has 24 heavy (non-hydrogen) atoms. The Morgan fingerprint density at radius 2 is 1.25 bits per heavy atom. The first kappa shape index (κ1) is 16.3. The molecule has 1 heteroatoms. The number of benzene rings is 3. The van der Waals surface area contributed by atoms with Crippen molar-refractivity contribution in [1.29, 1.82) is 0 Å². The second-order valence-electron chi connectivity index (χ2n) is 6.37. The summed E-state index contributed by atoms with van der Waals surface area (Å²) >= 11 is 0. The Kier molecular flexibility index (Phi) is 5.00. The second-order valence-corrected chi connectivity index (χ2v) is 6.37. The molecular weight excluding hydrogens is 290 g/mol. The van der Waals surface area contributed by atoms with Gasteiger partial charge in [0, 0.05) is 11.4 Å². The highest BCUT2D eigenvalue weighted by Gasteiger charge is 2.19. The van der Waals surface area contributed by atoms with Crippen LogP contribution in [0.15, 0.2) is 78.9 Å². The largest absolute Gasteiger partial charge is 0.310 e. The van der Waals surface area contributed by atoms with E-state index in [1.807, 2.05) is 0 Å². The summed E-state index contributed by atoms with van der Waals surface area (Å²) in [5.41, 5.74) is 6.50. The summed E-state index contributed by atoms with van der Waals surface area (Å²) in [4.78, 5) is 2.40. The fraction of sp³-hybridized carbons (Fsp3) is 0.217. The number of anilines is 3. The predicted molar refractivity (Wildman–Crippen MR) is 105 cm³/mol. The van der Waals surface area contributed by atoms with Gasteiger partial charge in [-0.15, -0.1) is 0 Å². The van der Waals surface area contributed by atoms with Crippen LogP contribution in [0.3, 0.4) is 0 Å². The number of aryl methyl sites for hydroxylation is 1. The first-order valence-electron chi connectivity index (χ1n) is 8.74. The van der Waals surface area contributed by atoms with Crippen LogP contribution in [-0.2, 0) is 6.42 Å². The summed E-state index contributed by atoms with van der Waals surface area (Å²) < 4.78 is 0. The van der Waals surface area contributed by atoms with E-state index in [-0.39, 0.29) is 0 Å². The number of hydrogen-bond acceptors (Lipinski definition) is 1. The Labute approximate surface area is 145 Å². The van der Waals surface area contributed by atoms with Crippen LogP contribution in [0, 0.1) is 0 Å². The quantitative estimate of drug-likeness (QED) is 0.498. The summed E-state index contributed by atoms with van der Waals surface area (Å²) in [6.45, 7) is 6.77. The highest BCUT2D eigenvalue weighted by molar-refractivity contribution is 5.80. The maximum absolute atomic E-state index is 2.40. The Morgan fingerprint density at radius 1 is 0.708 bits per heavy atom. The van der Waals surface area contributed by atoms with Crippen molar-refractivity contribution in [2.45, 2.75) is 33.1 Å². The number of hydrogen-bond donors (Lipinski definition) is 0. The normalized spacial score (nSPS) is 10.8. The van der Waals surface area contributed by atoms with Gasteiger partial charge in [0.15, 0.2) is 0 Å². The third kappa shape index (κ3) is 3.21. The van der Waals surface area contributed by atoms with E-state index in [9.17, 15) is 0 Å². The lowest BCUT2D eigenvalue weighted by Crippen LogP contribution is -2.14. The highest BCUT2D eigenvalue weighted by Crippen LogP contribution is 2.41. The molecule has 0 saturated carbocycles. The molecule has 3 aromatic carbocycles. The molecule has 0 N–H and O–H groups in total. The van der Waals surface area contributed by atoms with Crippen molar-refractivity contribution in [3.05, 3.63) is 90.0 Å². The molecule has 0 fully saturated rings. The minimum absolute atomic E-state index is 0.474. The van der Waals surface area contributed by atoms with E-state index in [1.54, 1.807) is 0 Å². The summed E-state index contributed by atoms with van der Waals surface area (Å²) in [6.07, 6.45) is 1.02. The maximum atomic E-state index is 2.40. The van der Waals surface area contributed by atoms with Gasteiger partial charge in [0.1, 0.15) is 0 Å². The van der Waals surface area contributed by atoms with Crippen LogP contribution in [0.1, 0.15) is 37.8 Å². The molecule has 0 aliphatic heterocycles. The second kappa shape index (κ2) is 7.35. The molecule has 0 bridgehead atoms. The molecule has 0 saturated heterocycles. The van der Waals surface area contributed by atoms with E-state index in [4.69, 9.17) is 0 Å². The SMILES string of the molecule is CCc1cccc(C(C)C)c1N(c1ccccc1)c1ccccc1. The van der Waals surface area contributed by atoms with Crippen LogP contribution in [0.2, 0.25) is 0 Å².